The Morgan fingerprint density at radius 3 is 2.67 bits per heavy atom. The molecule has 6 heteroatoms. The Morgan fingerprint density at radius 1 is 1.38 bits per heavy atom. The number of nitrogens with one attached hydrogen (secondary N) is 1. The summed E-state index contributed by atoms with van der Waals surface area (Å²) in [6, 6.07) is 7.88. The molecule has 0 spiro atoms. The van der Waals surface area contributed by atoms with E-state index in [1.54, 1.807) is 0 Å². The van der Waals surface area contributed by atoms with Crippen LogP contribution in [0.5, 0.6) is 5.75 Å². The molecule has 1 fully saturated rings. The van der Waals surface area contributed by atoms with Crippen molar-refractivity contribution in [3.8, 4) is 5.75 Å². The maximum Gasteiger partial charge on any atom is 0.234 e. The van der Waals surface area contributed by atoms with Crippen LogP contribution in [0.25, 0.3) is 0 Å². The zero-order valence-electron chi connectivity index (χ0n) is 14.7. The first-order valence-corrected chi connectivity index (χ1v) is 8.45. The van der Waals surface area contributed by atoms with Crippen molar-refractivity contribution in [1.29, 1.82) is 0 Å². The van der Waals surface area contributed by atoms with Crippen molar-refractivity contribution in [2.75, 3.05) is 32.8 Å². The molecule has 1 saturated heterocycles. The normalized spacial score (nSPS) is 20.5. The molecule has 3 N–H and O–H groups in total. The minimum atomic E-state index is 0. The molecule has 1 atom stereocenters. The average Bonchev–Trinajstić information content (AvgIpc) is 2.93. The highest BCUT2D eigenvalue weighted by Gasteiger charge is 2.32. The number of amides is 1. The lowest BCUT2D eigenvalue weighted by Crippen LogP contribution is -2.38. The molecule has 1 aromatic rings. The number of halogens is 1. The molecule has 0 bridgehead atoms. The van der Waals surface area contributed by atoms with Gasteiger partial charge in [0.25, 0.3) is 0 Å². The highest BCUT2D eigenvalue weighted by molar-refractivity contribution is 5.85. The summed E-state index contributed by atoms with van der Waals surface area (Å²) >= 11 is 0. The van der Waals surface area contributed by atoms with Crippen LogP contribution < -0.4 is 15.8 Å². The lowest BCUT2D eigenvalue weighted by atomic mass is 9.90. The maximum absolute atomic E-state index is 12.1. The van der Waals surface area contributed by atoms with Gasteiger partial charge in [-0.2, -0.15) is 0 Å². The third-order valence-corrected chi connectivity index (χ3v) is 4.38. The molecular formula is C18H30ClN3O2. The van der Waals surface area contributed by atoms with Gasteiger partial charge in [0.2, 0.25) is 5.91 Å². The number of carbonyl (C=O) groups excluding carboxylic acids is 1. The lowest BCUT2D eigenvalue weighted by molar-refractivity contribution is -0.122. The lowest BCUT2D eigenvalue weighted by Gasteiger charge is -2.22. The van der Waals surface area contributed by atoms with Crippen LogP contribution in [0.4, 0.5) is 0 Å². The third-order valence-electron chi connectivity index (χ3n) is 4.38. The molecule has 2 rings (SSSR count). The molecule has 0 aliphatic carbocycles. The van der Waals surface area contributed by atoms with E-state index in [9.17, 15) is 4.79 Å². The van der Waals surface area contributed by atoms with Crippen molar-refractivity contribution in [2.24, 2.45) is 11.1 Å². The number of hydrogen-bond donors (Lipinski definition) is 2. The summed E-state index contributed by atoms with van der Waals surface area (Å²) in [4.78, 5) is 14.3. The second kappa shape index (κ2) is 9.87. The fourth-order valence-corrected chi connectivity index (χ4v) is 2.81. The summed E-state index contributed by atoms with van der Waals surface area (Å²) < 4.78 is 5.55. The van der Waals surface area contributed by atoms with Crippen LogP contribution in [-0.4, -0.2) is 43.6 Å². The van der Waals surface area contributed by atoms with Crippen molar-refractivity contribution in [3.63, 3.8) is 0 Å². The van der Waals surface area contributed by atoms with E-state index in [0.29, 0.717) is 19.6 Å². The number of ether oxygens (including phenoxy) is 1. The molecule has 1 unspecified atom stereocenters. The van der Waals surface area contributed by atoms with E-state index >= 15 is 0 Å². The van der Waals surface area contributed by atoms with Gasteiger partial charge < -0.3 is 15.8 Å². The van der Waals surface area contributed by atoms with Crippen LogP contribution in [0.3, 0.4) is 0 Å². The number of hydrogen-bond acceptors (Lipinski definition) is 4. The fourth-order valence-electron chi connectivity index (χ4n) is 2.81. The first kappa shape index (κ1) is 20.7. The van der Waals surface area contributed by atoms with E-state index in [-0.39, 0.29) is 23.7 Å². The van der Waals surface area contributed by atoms with Gasteiger partial charge >= 0.3 is 0 Å². The molecule has 136 valence electrons. The minimum absolute atomic E-state index is 0. The molecule has 0 saturated carbocycles. The van der Waals surface area contributed by atoms with Crippen LogP contribution in [0.15, 0.2) is 24.3 Å². The van der Waals surface area contributed by atoms with E-state index in [1.165, 1.54) is 0 Å². The van der Waals surface area contributed by atoms with E-state index in [1.807, 2.05) is 24.3 Å². The number of nitrogens with zero attached hydrogens (tertiary/aromatic N) is 1. The molecule has 5 nitrogen and oxygen atoms in total. The minimum Gasteiger partial charge on any atom is -0.494 e. The first-order valence-electron chi connectivity index (χ1n) is 8.45. The van der Waals surface area contributed by atoms with Gasteiger partial charge in [-0.05, 0) is 49.0 Å². The van der Waals surface area contributed by atoms with Crippen LogP contribution in [0, 0.1) is 5.41 Å². The second-order valence-corrected chi connectivity index (χ2v) is 6.74. The van der Waals surface area contributed by atoms with Gasteiger partial charge in [0, 0.05) is 13.1 Å². The van der Waals surface area contributed by atoms with Crippen LogP contribution in [-0.2, 0) is 11.3 Å². The Labute approximate surface area is 151 Å². The van der Waals surface area contributed by atoms with Crippen molar-refractivity contribution in [1.82, 2.24) is 10.2 Å². The predicted molar refractivity (Wildman–Crippen MR) is 99.5 cm³/mol. The highest BCUT2D eigenvalue weighted by Crippen LogP contribution is 2.27. The Morgan fingerprint density at radius 2 is 2.08 bits per heavy atom. The van der Waals surface area contributed by atoms with Gasteiger partial charge in [0.15, 0.2) is 0 Å². The van der Waals surface area contributed by atoms with Gasteiger partial charge in [0.05, 0.1) is 13.2 Å². The molecule has 0 radical (unpaired) electrons. The van der Waals surface area contributed by atoms with E-state index in [4.69, 9.17) is 10.5 Å². The summed E-state index contributed by atoms with van der Waals surface area (Å²) in [6.45, 7) is 8.53. The topological polar surface area (TPSA) is 67.6 Å². The quantitative estimate of drug-likeness (QED) is 0.750. The second-order valence-electron chi connectivity index (χ2n) is 6.74. The molecule has 1 aliphatic rings. The smallest absolute Gasteiger partial charge is 0.234 e. The summed E-state index contributed by atoms with van der Waals surface area (Å²) in [5.74, 6) is 0.942. The van der Waals surface area contributed by atoms with Crippen molar-refractivity contribution in [3.05, 3.63) is 29.8 Å². The largest absolute Gasteiger partial charge is 0.494 e. The Hall–Kier alpha value is -1.30. The van der Waals surface area contributed by atoms with Gasteiger partial charge in [0.1, 0.15) is 5.75 Å². The highest BCUT2D eigenvalue weighted by atomic mass is 35.5. The van der Waals surface area contributed by atoms with E-state index < -0.39 is 0 Å². The van der Waals surface area contributed by atoms with Gasteiger partial charge in [-0.15, -0.1) is 12.4 Å². The summed E-state index contributed by atoms with van der Waals surface area (Å²) in [5.41, 5.74) is 7.04. The maximum atomic E-state index is 12.1. The van der Waals surface area contributed by atoms with Crippen LogP contribution in [0.2, 0.25) is 0 Å². The third kappa shape index (κ3) is 6.30. The fraction of sp³-hybridized carbons (Fsp3) is 0.611. The van der Waals surface area contributed by atoms with E-state index in [0.717, 1.165) is 43.9 Å². The summed E-state index contributed by atoms with van der Waals surface area (Å²) in [5, 5.41) is 2.98. The summed E-state index contributed by atoms with van der Waals surface area (Å²) in [7, 11) is 0. The average molecular weight is 356 g/mol. The number of carbonyl (C=O) groups is 1. The Balaban J connectivity index is 0.00000288. The molecule has 1 heterocycles. The number of benzene rings is 1. The number of nitrogens with two attached hydrogens (primary N) is 1. The molecule has 1 aromatic carbocycles. The van der Waals surface area contributed by atoms with Gasteiger partial charge in [-0.25, -0.2) is 0 Å². The molecule has 24 heavy (non-hydrogen) atoms. The van der Waals surface area contributed by atoms with E-state index in [2.05, 4.69) is 24.1 Å². The molecular weight excluding hydrogens is 326 g/mol. The number of rotatable bonds is 8. The van der Waals surface area contributed by atoms with Crippen LogP contribution in [0.1, 0.15) is 32.3 Å². The summed E-state index contributed by atoms with van der Waals surface area (Å²) in [6.07, 6.45) is 2.06. The number of likely N-dealkylation sites (tertiary alicyclic amines) is 1. The standard InChI is InChI=1S/C18H29N3O2.ClH/c1-3-10-23-16-6-4-15(5-7-16)11-20-17(22)12-21-9-8-18(2,13-19)14-21;/h4-7H,3,8-14,19H2,1-2H3,(H,20,22);1H. The predicted octanol–water partition coefficient (Wildman–Crippen LogP) is 2.18. The van der Waals surface area contributed by atoms with Gasteiger partial charge in [-0.3, -0.25) is 9.69 Å². The Kier molecular flexibility index (Phi) is 8.53. The van der Waals surface area contributed by atoms with Crippen molar-refractivity contribution in [2.45, 2.75) is 33.2 Å². The Bertz CT molecular complexity index is 509. The van der Waals surface area contributed by atoms with Crippen molar-refractivity contribution < 1.29 is 9.53 Å². The molecule has 0 aromatic heterocycles. The van der Waals surface area contributed by atoms with Crippen molar-refractivity contribution >= 4 is 18.3 Å². The molecule has 1 aliphatic heterocycles. The SMILES string of the molecule is CCCOc1ccc(CNC(=O)CN2CCC(C)(CN)C2)cc1.Cl. The molecule has 1 amide bonds. The first-order chi connectivity index (χ1) is 11.0. The zero-order valence-corrected chi connectivity index (χ0v) is 15.5. The van der Waals surface area contributed by atoms with Gasteiger partial charge in [-0.1, -0.05) is 26.0 Å². The van der Waals surface area contributed by atoms with Crippen LogP contribution >= 0.6 is 12.4 Å². The monoisotopic (exact) mass is 355 g/mol. The zero-order chi connectivity index (χ0) is 16.7.